The molecule has 1 aliphatic rings. The van der Waals surface area contributed by atoms with Crippen LogP contribution in [0.4, 0.5) is 23.2 Å². The summed E-state index contributed by atoms with van der Waals surface area (Å²) in [6.07, 6.45) is -1.38. The fraction of sp³-hybridized carbons (Fsp3) is 0.333. The molecule has 0 bridgehead atoms. The normalized spacial score (nSPS) is 14.7. The molecule has 0 unspecified atom stereocenters. The maximum absolute atomic E-state index is 14.0. The van der Waals surface area contributed by atoms with Gasteiger partial charge in [0.25, 0.3) is 10.0 Å². The van der Waals surface area contributed by atoms with E-state index in [4.69, 9.17) is 11.6 Å². The van der Waals surface area contributed by atoms with Crippen LogP contribution in [-0.4, -0.2) is 43.8 Å². The van der Waals surface area contributed by atoms with Crippen LogP contribution in [0.3, 0.4) is 0 Å². The molecular weight excluding hydrogens is 610 g/mol. The topological polar surface area (TPSA) is 86.8 Å². The number of carbonyl (C=O) groups excluding carboxylic acids is 2. The van der Waals surface area contributed by atoms with E-state index in [0.717, 1.165) is 36.6 Å². The Bertz CT molecular complexity index is 1550. The highest BCUT2D eigenvalue weighted by atomic mass is 35.5. The van der Waals surface area contributed by atoms with Crippen LogP contribution in [0, 0.1) is 5.82 Å². The number of halogens is 5. The van der Waals surface area contributed by atoms with Gasteiger partial charge in [0.1, 0.15) is 18.4 Å². The average molecular weight is 640 g/mol. The molecule has 1 saturated carbocycles. The zero-order valence-corrected chi connectivity index (χ0v) is 24.7. The molecule has 3 aromatic rings. The van der Waals surface area contributed by atoms with E-state index in [0.29, 0.717) is 22.0 Å². The monoisotopic (exact) mass is 639 g/mol. The lowest BCUT2D eigenvalue weighted by Gasteiger charge is -2.33. The number of alkyl halides is 3. The number of sulfonamides is 1. The third-order valence-corrected chi connectivity index (χ3v) is 9.38. The van der Waals surface area contributed by atoms with E-state index in [9.17, 15) is 35.6 Å². The van der Waals surface area contributed by atoms with E-state index in [1.807, 2.05) is 0 Å². The molecule has 1 fully saturated rings. The molecule has 0 radical (unpaired) electrons. The smallest absolute Gasteiger partial charge is 0.352 e. The number of hydrogen-bond acceptors (Lipinski definition) is 4. The van der Waals surface area contributed by atoms with Crippen LogP contribution in [0.5, 0.6) is 0 Å². The Morgan fingerprint density at radius 1 is 1.00 bits per heavy atom. The Hall–Kier alpha value is -3.64. The largest absolute Gasteiger partial charge is 0.416 e. The molecule has 0 spiro atoms. The molecule has 230 valence electrons. The predicted octanol–water partition coefficient (Wildman–Crippen LogP) is 6.17. The number of hydrogen-bond donors (Lipinski definition) is 1. The maximum atomic E-state index is 14.0. The summed E-state index contributed by atoms with van der Waals surface area (Å²) in [7, 11) is -4.63. The number of nitrogens with one attached hydrogen (secondary N) is 1. The van der Waals surface area contributed by atoms with Crippen LogP contribution in [0.25, 0.3) is 0 Å². The highest BCUT2D eigenvalue weighted by Gasteiger charge is 2.36. The van der Waals surface area contributed by atoms with Crippen molar-refractivity contribution < 1.29 is 35.6 Å². The minimum absolute atomic E-state index is 0.0726. The lowest BCUT2D eigenvalue weighted by Crippen LogP contribution is -2.52. The van der Waals surface area contributed by atoms with Crippen molar-refractivity contribution in [3.05, 3.63) is 94.8 Å². The first-order valence-corrected chi connectivity index (χ1v) is 15.4. The van der Waals surface area contributed by atoms with Crippen molar-refractivity contribution in [2.45, 2.75) is 62.3 Å². The van der Waals surface area contributed by atoms with Gasteiger partial charge in [-0.2, -0.15) is 13.2 Å². The second-order valence-electron chi connectivity index (χ2n) is 10.3. The quantitative estimate of drug-likeness (QED) is 0.269. The van der Waals surface area contributed by atoms with Crippen LogP contribution in [0.15, 0.2) is 77.7 Å². The van der Waals surface area contributed by atoms with Crippen LogP contribution >= 0.6 is 11.6 Å². The van der Waals surface area contributed by atoms with Gasteiger partial charge in [0.15, 0.2) is 0 Å². The maximum Gasteiger partial charge on any atom is 0.416 e. The first kappa shape index (κ1) is 32.3. The Morgan fingerprint density at radius 2 is 1.63 bits per heavy atom. The summed E-state index contributed by atoms with van der Waals surface area (Å²) in [5, 5.41) is 2.58. The molecule has 1 atom stereocenters. The summed E-state index contributed by atoms with van der Waals surface area (Å²) in [6.45, 7) is 0.299. The van der Waals surface area contributed by atoms with Crippen LogP contribution in [-0.2, 0) is 32.3 Å². The van der Waals surface area contributed by atoms with Crippen molar-refractivity contribution in [1.82, 2.24) is 10.2 Å². The molecule has 43 heavy (non-hydrogen) atoms. The van der Waals surface area contributed by atoms with Gasteiger partial charge >= 0.3 is 6.18 Å². The van der Waals surface area contributed by atoms with Gasteiger partial charge in [-0.1, -0.05) is 54.8 Å². The van der Waals surface area contributed by atoms with E-state index in [1.165, 1.54) is 55.5 Å². The van der Waals surface area contributed by atoms with Gasteiger partial charge in [-0.15, -0.1) is 0 Å². The summed E-state index contributed by atoms with van der Waals surface area (Å²) in [5.74, 6) is -1.88. The number of rotatable bonds is 10. The number of amides is 2. The Balaban J connectivity index is 1.75. The SMILES string of the molecule is C[C@@H](C(=O)NC1CCCC1)N(Cc1ccc(F)cc1)C(=O)CN(c1cc(C(F)(F)F)ccc1Cl)S(=O)(=O)c1ccccc1. The molecule has 0 heterocycles. The third kappa shape index (κ3) is 7.85. The second-order valence-corrected chi connectivity index (χ2v) is 12.6. The van der Waals surface area contributed by atoms with Crippen LogP contribution < -0.4 is 9.62 Å². The standard InChI is InChI=1S/C30H30ClF4N3O4S/c1-20(29(40)36-24-7-5-6-8-24)37(18-21-11-14-23(32)15-12-21)28(39)19-38(43(41,42)25-9-3-2-4-10-25)27-17-22(30(33,34)35)13-16-26(27)31/h2-4,9-17,20,24H,5-8,18-19H2,1H3,(H,36,40)/t20-/m0/s1. The third-order valence-electron chi connectivity index (χ3n) is 7.29. The first-order valence-electron chi connectivity index (χ1n) is 13.6. The number of carbonyl (C=O) groups is 2. The molecule has 1 N–H and O–H groups in total. The molecule has 0 aliphatic heterocycles. The minimum Gasteiger partial charge on any atom is -0.352 e. The van der Waals surface area contributed by atoms with Crippen LogP contribution in [0.2, 0.25) is 5.02 Å². The van der Waals surface area contributed by atoms with Crippen molar-refractivity contribution in [2.75, 3.05) is 10.8 Å². The van der Waals surface area contributed by atoms with Crippen molar-refractivity contribution in [3.8, 4) is 0 Å². The molecule has 2 amide bonds. The Labute approximate surface area is 252 Å². The van der Waals surface area contributed by atoms with Crippen molar-refractivity contribution in [3.63, 3.8) is 0 Å². The van der Waals surface area contributed by atoms with Gasteiger partial charge in [-0.3, -0.25) is 13.9 Å². The highest BCUT2D eigenvalue weighted by molar-refractivity contribution is 7.92. The van der Waals surface area contributed by atoms with E-state index >= 15 is 0 Å². The fourth-order valence-corrected chi connectivity index (χ4v) is 6.59. The van der Waals surface area contributed by atoms with Gasteiger partial charge in [0.05, 0.1) is 21.2 Å². The van der Waals surface area contributed by atoms with E-state index < -0.39 is 57.7 Å². The Kier molecular flexibility index (Phi) is 10.0. The molecular formula is C30H30ClF4N3O4S. The zero-order valence-electron chi connectivity index (χ0n) is 23.2. The van der Waals surface area contributed by atoms with Crippen LogP contribution in [0.1, 0.15) is 43.7 Å². The molecule has 0 saturated heterocycles. The van der Waals surface area contributed by atoms with Crippen molar-refractivity contribution in [1.29, 1.82) is 0 Å². The van der Waals surface area contributed by atoms with Gasteiger partial charge in [-0.05, 0) is 67.8 Å². The van der Waals surface area contributed by atoms with E-state index in [2.05, 4.69) is 5.32 Å². The summed E-state index contributed by atoms with van der Waals surface area (Å²) in [4.78, 5) is 28.0. The van der Waals surface area contributed by atoms with Gasteiger partial charge < -0.3 is 10.2 Å². The second kappa shape index (κ2) is 13.3. The number of benzene rings is 3. The summed E-state index contributed by atoms with van der Waals surface area (Å²) in [6, 6.07) is 13.1. The van der Waals surface area contributed by atoms with E-state index in [1.54, 1.807) is 6.07 Å². The molecule has 4 rings (SSSR count). The van der Waals surface area contributed by atoms with Crippen molar-refractivity contribution >= 4 is 39.1 Å². The molecule has 7 nitrogen and oxygen atoms in total. The van der Waals surface area contributed by atoms with Gasteiger partial charge in [0.2, 0.25) is 11.8 Å². The summed E-state index contributed by atoms with van der Waals surface area (Å²) in [5.41, 5.74) is -1.27. The number of anilines is 1. The highest BCUT2D eigenvalue weighted by Crippen LogP contribution is 2.37. The predicted molar refractivity (Wildman–Crippen MR) is 154 cm³/mol. The van der Waals surface area contributed by atoms with Gasteiger partial charge in [-0.25, -0.2) is 12.8 Å². The molecule has 1 aliphatic carbocycles. The summed E-state index contributed by atoms with van der Waals surface area (Å²) < 4.78 is 82.7. The molecule has 13 heteroatoms. The molecule has 3 aromatic carbocycles. The van der Waals surface area contributed by atoms with E-state index in [-0.39, 0.29) is 22.5 Å². The minimum atomic E-state index is -4.83. The first-order chi connectivity index (χ1) is 20.3. The fourth-order valence-electron chi connectivity index (χ4n) is 4.87. The zero-order chi connectivity index (χ0) is 31.4. The molecule has 0 aromatic heterocycles. The number of nitrogens with zero attached hydrogens (tertiary/aromatic N) is 2. The summed E-state index contributed by atoms with van der Waals surface area (Å²) >= 11 is 6.25. The van der Waals surface area contributed by atoms with Gasteiger partial charge in [0, 0.05) is 12.6 Å². The lowest BCUT2D eigenvalue weighted by molar-refractivity contribution is -0.139. The lowest BCUT2D eigenvalue weighted by atomic mass is 10.1. The Morgan fingerprint density at radius 3 is 2.23 bits per heavy atom. The average Bonchev–Trinajstić information content (AvgIpc) is 3.48. The van der Waals surface area contributed by atoms with Crippen molar-refractivity contribution in [2.24, 2.45) is 0 Å².